The minimum absolute atomic E-state index is 0.157. The van der Waals surface area contributed by atoms with Crippen molar-refractivity contribution in [2.45, 2.75) is 46.2 Å². The second kappa shape index (κ2) is 7.09. The summed E-state index contributed by atoms with van der Waals surface area (Å²) in [6.07, 6.45) is 3.85. The van der Waals surface area contributed by atoms with Crippen LogP contribution in [0.4, 0.5) is 0 Å². The molecule has 0 aromatic carbocycles. The van der Waals surface area contributed by atoms with Gasteiger partial charge in [-0.2, -0.15) is 10.2 Å². The van der Waals surface area contributed by atoms with Gasteiger partial charge in [-0.3, -0.25) is 9.36 Å². The summed E-state index contributed by atoms with van der Waals surface area (Å²) >= 11 is 6.43. The van der Waals surface area contributed by atoms with Crippen LogP contribution in [-0.4, -0.2) is 26.1 Å². The third-order valence-corrected chi connectivity index (χ3v) is 4.07. The predicted octanol–water partition coefficient (Wildman–Crippen LogP) is 2.88. The molecule has 0 saturated carbocycles. The molecule has 1 atom stereocenters. The minimum atomic E-state index is 0.157. The monoisotopic (exact) mass is 309 g/mol. The lowest BCUT2D eigenvalue weighted by Crippen LogP contribution is -2.25. The quantitative estimate of drug-likeness (QED) is 0.855. The van der Waals surface area contributed by atoms with Crippen LogP contribution in [0.25, 0.3) is 0 Å². The van der Waals surface area contributed by atoms with Crippen molar-refractivity contribution >= 4 is 11.6 Å². The molecule has 116 valence electrons. The van der Waals surface area contributed by atoms with E-state index < -0.39 is 0 Å². The molecule has 21 heavy (non-hydrogen) atoms. The Kier molecular flexibility index (Phi) is 5.42. The van der Waals surface area contributed by atoms with Crippen molar-refractivity contribution in [3.63, 3.8) is 0 Å². The minimum Gasteiger partial charge on any atom is -0.308 e. The van der Waals surface area contributed by atoms with E-state index in [-0.39, 0.29) is 6.04 Å². The molecule has 2 heterocycles. The van der Waals surface area contributed by atoms with Crippen LogP contribution in [-0.2, 0) is 20.0 Å². The summed E-state index contributed by atoms with van der Waals surface area (Å²) in [4.78, 5) is 0. The summed E-state index contributed by atoms with van der Waals surface area (Å²) in [5.74, 6) is 0. The van der Waals surface area contributed by atoms with Gasteiger partial charge < -0.3 is 5.32 Å². The molecule has 2 aromatic rings. The lowest BCUT2D eigenvalue weighted by atomic mass is 10.1. The van der Waals surface area contributed by atoms with E-state index in [9.17, 15) is 0 Å². The molecule has 0 bridgehead atoms. The molecular weight excluding hydrogens is 286 g/mol. The van der Waals surface area contributed by atoms with Gasteiger partial charge in [0.15, 0.2) is 0 Å². The summed E-state index contributed by atoms with van der Waals surface area (Å²) in [5.41, 5.74) is 3.02. The molecule has 5 nitrogen and oxygen atoms in total. The fraction of sp³-hybridized carbons (Fsp3) is 0.600. The van der Waals surface area contributed by atoms with Gasteiger partial charge in [0.2, 0.25) is 0 Å². The normalized spacial score (nSPS) is 12.8. The number of halogens is 1. The van der Waals surface area contributed by atoms with Crippen LogP contribution >= 0.6 is 11.6 Å². The predicted molar refractivity (Wildman–Crippen MR) is 85.6 cm³/mol. The Morgan fingerprint density at radius 3 is 2.67 bits per heavy atom. The van der Waals surface area contributed by atoms with Crippen molar-refractivity contribution in [2.24, 2.45) is 7.05 Å². The number of nitrogens with one attached hydrogen (secondary N) is 1. The van der Waals surface area contributed by atoms with Gasteiger partial charge in [-0.25, -0.2) is 0 Å². The highest BCUT2D eigenvalue weighted by Gasteiger charge is 2.20. The second-order valence-corrected chi connectivity index (χ2v) is 5.66. The van der Waals surface area contributed by atoms with E-state index >= 15 is 0 Å². The molecule has 2 rings (SSSR count). The first-order chi connectivity index (χ1) is 10.1. The Morgan fingerprint density at radius 2 is 2.10 bits per heavy atom. The van der Waals surface area contributed by atoms with Gasteiger partial charge in [0, 0.05) is 26.2 Å². The number of hydrogen-bond acceptors (Lipinski definition) is 3. The summed E-state index contributed by atoms with van der Waals surface area (Å²) in [7, 11) is 1.94. The first-order valence-electron chi connectivity index (χ1n) is 7.51. The van der Waals surface area contributed by atoms with Gasteiger partial charge in [-0.1, -0.05) is 18.5 Å². The van der Waals surface area contributed by atoms with Crippen LogP contribution < -0.4 is 5.32 Å². The number of nitrogens with zero attached hydrogens (tertiary/aromatic N) is 4. The van der Waals surface area contributed by atoms with Crippen LogP contribution in [0, 0.1) is 6.92 Å². The zero-order chi connectivity index (χ0) is 15.4. The highest BCUT2D eigenvalue weighted by molar-refractivity contribution is 6.31. The maximum Gasteiger partial charge on any atom is 0.0847 e. The largest absolute Gasteiger partial charge is 0.308 e. The number of rotatable bonds is 7. The van der Waals surface area contributed by atoms with Gasteiger partial charge >= 0.3 is 0 Å². The zero-order valence-corrected chi connectivity index (χ0v) is 14.0. The van der Waals surface area contributed by atoms with Crippen molar-refractivity contribution in [1.82, 2.24) is 24.9 Å². The molecule has 0 aliphatic rings. The summed E-state index contributed by atoms with van der Waals surface area (Å²) in [5, 5.41) is 13.4. The van der Waals surface area contributed by atoms with Crippen LogP contribution in [0.5, 0.6) is 0 Å². The van der Waals surface area contributed by atoms with E-state index in [2.05, 4.69) is 35.4 Å². The van der Waals surface area contributed by atoms with Crippen molar-refractivity contribution < 1.29 is 0 Å². The van der Waals surface area contributed by atoms with Crippen LogP contribution in [0.1, 0.15) is 43.4 Å². The Morgan fingerprint density at radius 1 is 1.33 bits per heavy atom. The van der Waals surface area contributed by atoms with E-state index in [4.69, 9.17) is 11.6 Å². The molecule has 0 aliphatic carbocycles. The number of aryl methyl sites for hydroxylation is 3. The lowest BCUT2D eigenvalue weighted by Gasteiger charge is -2.17. The highest BCUT2D eigenvalue weighted by atomic mass is 35.5. The highest BCUT2D eigenvalue weighted by Crippen LogP contribution is 2.25. The fourth-order valence-electron chi connectivity index (χ4n) is 2.48. The smallest absolute Gasteiger partial charge is 0.0847 e. The van der Waals surface area contributed by atoms with Crippen molar-refractivity contribution in [3.8, 4) is 0 Å². The average Bonchev–Trinajstić information content (AvgIpc) is 3.01. The van der Waals surface area contributed by atoms with E-state index in [1.807, 2.05) is 29.5 Å². The first-order valence-corrected chi connectivity index (χ1v) is 7.89. The Balaban J connectivity index is 2.26. The first kappa shape index (κ1) is 16.0. The van der Waals surface area contributed by atoms with E-state index in [1.54, 1.807) is 0 Å². The molecular formula is C15H24ClN5. The molecule has 0 spiro atoms. The van der Waals surface area contributed by atoms with E-state index in [1.165, 1.54) is 0 Å². The third kappa shape index (κ3) is 3.66. The molecule has 6 heteroatoms. The Bertz CT molecular complexity index is 587. The topological polar surface area (TPSA) is 47.7 Å². The molecule has 0 radical (unpaired) electrons. The van der Waals surface area contributed by atoms with Crippen LogP contribution in [0.3, 0.4) is 0 Å². The molecule has 0 saturated heterocycles. The van der Waals surface area contributed by atoms with Crippen LogP contribution in [0.15, 0.2) is 12.3 Å². The van der Waals surface area contributed by atoms with Gasteiger partial charge in [-0.15, -0.1) is 0 Å². The second-order valence-electron chi connectivity index (χ2n) is 5.29. The van der Waals surface area contributed by atoms with E-state index in [0.717, 1.165) is 48.0 Å². The molecule has 0 fully saturated rings. The summed E-state index contributed by atoms with van der Waals surface area (Å²) in [6.45, 7) is 7.98. The van der Waals surface area contributed by atoms with Gasteiger partial charge in [0.1, 0.15) is 0 Å². The summed E-state index contributed by atoms with van der Waals surface area (Å²) in [6, 6.07) is 2.21. The van der Waals surface area contributed by atoms with Gasteiger partial charge in [0.25, 0.3) is 0 Å². The maximum absolute atomic E-state index is 6.43. The van der Waals surface area contributed by atoms with Crippen molar-refractivity contribution in [1.29, 1.82) is 0 Å². The van der Waals surface area contributed by atoms with Gasteiger partial charge in [0.05, 0.1) is 28.1 Å². The number of aromatic nitrogens is 4. The maximum atomic E-state index is 6.43. The van der Waals surface area contributed by atoms with Crippen molar-refractivity contribution in [3.05, 3.63) is 34.4 Å². The lowest BCUT2D eigenvalue weighted by molar-refractivity contribution is 0.488. The SMILES string of the molecule is CCCNC(Cc1c(Cl)c(C)nn1CC)c1ccn(C)n1. The Labute approximate surface area is 131 Å². The fourth-order valence-corrected chi connectivity index (χ4v) is 2.69. The molecule has 1 N–H and O–H groups in total. The molecule has 2 aromatic heterocycles. The molecule has 1 unspecified atom stereocenters. The Hall–Kier alpha value is -1.33. The third-order valence-electron chi connectivity index (χ3n) is 3.58. The molecule has 0 aliphatic heterocycles. The van der Waals surface area contributed by atoms with E-state index in [0.29, 0.717) is 0 Å². The molecule has 0 amide bonds. The van der Waals surface area contributed by atoms with Crippen LogP contribution in [0.2, 0.25) is 5.02 Å². The average molecular weight is 310 g/mol. The standard InChI is InChI=1S/C15H24ClN5/c1-5-8-17-13(12-7-9-20(4)19-12)10-14-15(16)11(3)18-21(14)6-2/h7,9,13,17H,5-6,8,10H2,1-4H3. The summed E-state index contributed by atoms with van der Waals surface area (Å²) < 4.78 is 3.82. The van der Waals surface area contributed by atoms with Crippen molar-refractivity contribution in [2.75, 3.05) is 6.54 Å². The zero-order valence-electron chi connectivity index (χ0n) is 13.2. The number of hydrogen-bond donors (Lipinski definition) is 1. The van der Waals surface area contributed by atoms with Gasteiger partial charge in [-0.05, 0) is 32.9 Å².